The number of nitrogens with one attached hydrogen (secondary N) is 2. The second kappa shape index (κ2) is 18.0. The summed E-state index contributed by atoms with van der Waals surface area (Å²) in [5, 5.41) is 102. The monoisotopic (exact) mass is 884 g/mol. The van der Waals surface area contributed by atoms with Gasteiger partial charge in [0, 0.05) is 36.1 Å². The predicted octanol–water partition coefficient (Wildman–Crippen LogP) is 3.74. The van der Waals surface area contributed by atoms with Gasteiger partial charge in [0.25, 0.3) is 0 Å². The van der Waals surface area contributed by atoms with E-state index in [1.54, 1.807) is 13.8 Å². The first-order chi connectivity index (χ1) is 29.9. The number of allylic oxidation sites excluding steroid dienone is 4. The Labute approximate surface area is 375 Å². The van der Waals surface area contributed by atoms with Crippen molar-refractivity contribution in [3.8, 4) is 0 Å². The number of aliphatic hydroxyl groups excluding tert-OH is 5. The normalized spacial score (nSPS) is 46.4. The average molecular weight is 884 g/mol. The average Bonchev–Trinajstić information content (AvgIpc) is 3.62. The van der Waals surface area contributed by atoms with Gasteiger partial charge >= 0.3 is 0 Å². The maximum Gasteiger partial charge on any atom is 0.182 e. The van der Waals surface area contributed by atoms with E-state index in [9.17, 15) is 40.9 Å². The van der Waals surface area contributed by atoms with Gasteiger partial charge in [-0.2, -0.15) is 0 Å². The molecule has 6 aliphatic carbocycles. The van der Waals surface area contributed by atoms with Crippen molar-refractivity contribution in [1.82, 2.24) is 10.6 Å². The van der Waals surface area contributed by atoms with Crippen LogP contribution in [0, 0.1) is 46.3 Å². The number of ether oxygens (including phenoxy) is 1. The third kappa shape index (κ3) is 7.81. The van der Waals surface area contributed by atoms with Gasteiger partial charge in [-0.1, -0.05) is 39.2 Å². The number of nitrogens with two attached hydrogens (primary N) is 1. The number of aliphatic hydroxyl groups is 8. The SMILES string of the molecule is CCC[C@@H]1CC[C@H]2[C@H]3[C@@H](O[C@@H]2CC1)[C@@](O)([C@](C)(O)[C@H]1CC[C@@]2(O)C4=C(NC[C@H](C)O)C(=O)[C@@H]5C[C@@H](O)[C@@H](O)C[C@]5(CCC5=C(CCCO)NC(N)C=C5)[C@H]4CC[C@]12C)CCC[C@@H]3O. The molecule has 1 unspecified atom stereocenters. The van der Waals surface area contributed by atoms with E-state index in [0.29, 0.717) is 69.3 Å². The molecule has 8 aliphatic rings. The molecule has 18 atom stereocenters. The van der Waals surface area contributed by atoms with E-state index in [-0.39, 0.29) is 80.3 Å². The molecule has 0 aromatic rings. The number of ketones is 1. The number of fused-ring (bicyclic) bond motifs is 8. The maximum atomic E-state index is 15.3. The van der Waals surface area contributed by atoms with Gasteiger partial charge in [0.2, 0.25) is 0 Å². The Morgan fingerprint density at radius 2 is 1.76 bits per heavy atom. The van der Waals surface area contributed by atoms with Crippen LogP contribution < -0.4 is 16.4 Å². The summed E-state index contributed by atoms with van der Waals surface area (Å²) in [6, 6.07) is 0. The fourth-order valence-corrected chi connectivity index (χ4v) is 15.7. The third-order valence-electron chi connectivity index (χ3n) is 18.9. The summed E-state index contributed by atoms with van der Waals surface area (Å²) in [7, 11) is 0. The van der Waals surface area contributed by atoms with Crippen LogP contribution in [0.3, 0.4) is 0 Å². The van der Waals surface area contributed by atoms with E-state index >= 15 is 4.79 Å². The molecular formula is C50H81N3O10. The van der Waals surface area contributed by atoms with Crippen LogP contribution in [0.25, 0.3) is 0 Å². The summed E-state index contributed by atoms with van der Waals surface area (Å²) in [5.41, 5.74) is 2.10. The third-order valence-corrected chi connectivity index (χ3v) is 18.9. The molecule has 63 heavy (non-hydrogen) atoms. The molecule has 0 bridgehead atoms. The van der Waals surface area contributed by atoms with Crippen LogP contribution in [0.4, 0.5) is 0 Å². The summed E-state index contributed by atoms with van der Waals surface area (Å²) in [5.74, 6) is -1.51. The molecule has 8 rings (SSSR count). The predicted molar refractivity (Wildman–Crippen MR) is 238 cm³/mol. The van der Waals surface area contributed by atoms with Crippen LogP contribution in [-0.2, 0) is 9.53 Å². The fraction of sp³-hybridized carbons (Fsp3) is 0.860. The molecule has 0 amide bonds. The van der Waals surface area contributed by atoms with Crippen LogP contribution >= 0.6 is 0 Å². The molecule has 12 N–H and O–H groups in total. The molecule has 6 fully saturated rings. The van der Waals surface area contributed by atoms with Crippen molar-refractivity contribution in [1.29, 1.82) is 0 Å². The highest BCUT2D eigenvalue weighted by molar-refractivity contribution is 6.00. The number of hydrogen-bond donors (Lipinski definition) is 11. The van der Waals surface area contributed by atoms with Gasteiger partial charge in [-0.3, -0.25) is 4.79 Å². The smallest absolute Gasteiger partial charge is 0.182 e. The van der Waals surface area contributed by atoms with Crippen molar-refractivity contribution in [2.24, 2.45) is 52.1 Å². The molecule has 2 heterocycles. The number of carbonyl (C=O) groups is 1. The highest BCUT2D eigenvalue weighted by Gasteiger charge is 2.74. The molecular weight excluding hydrogens is 803 g/mol. The lowest BCUT2D eigenvalue weighted by Crippen LogP contribution is -2.69. The first-order valence-electron chi connectivity index (χ1n) is 25.0. The molecule has 0 spiro atoms. The molecule has 0 aromatic heterocycles. The minimum atomic E-state index is -1.75. The van der Waals surface area contributed by atoms with Gasteiger partial charge in [0.15, 0.2) is 5.78 Å². The molecule has 0 radical (unpaired) electrons. The van der Waals surface area contributed by atoms with E-state index in [0.717, 1.165) is 43.4 Å². The van der Waals surface area contributed by atoms with Gasteiger partial charge in [0.05, 0.1) is 59.7 Å². The van der Waals surface area contributed by atoms with Gasteiger partial charge in [-0.25, -0.2) is 0 Å². The van der Waals surface area contributed by atoms with Gasteiger partial charge in [0.1, 0.15) is 5.60 Å². The van der Waals surface area contributed by atoms with Crippen LogP contribution in [0.2, 0.25) is 0 Å². The molecule has 0 aromatic carbocycles. The highest BCUT2D eigenvalue weighted by Crippen LogP contribution is 2.71. The van der Waals surface area contributed by atoms with Crippen LogP contribution in [0.15, 0.2) is 34.7 Å². The van der Waals surface area contributed by atoms with Crippen LogP contribution in [0.1, 0.15) is 150 Å². The number of dihydropyridines is 1. The highest BCUT2D eigenvalue weighted by atomic mass is 16.5. The minimum Gasteiger partial charge on any atom is -0.396 e. The second-order valence-corrected chi connectivity index (χ2v) is 22.2. The number of carbonyl (C=O) groups excluding carboxylic acids is 1. The van der Waals surface area contributed by atoms with E-state index in [1.165, 1.54) is 6.42 Å². The van der Waals surface area contributed by atoms with Gasteiger partial charge < -0.3 is 62.0 Å². The Bertz CT molecular complexity index is 1780. The lowest BCUT2D eigenvalue weighted by molar-refractivity contribution is -0.254. The number of Topliss-reactive ketones (excluding diaryl/α,β-unsaturated/α-hetero) is 1. The summed E-state index contributed by atoms with van der Waals surface area (Å²) >= 11 is 0. The zero-order valence-electron chi connectivity index (χ0n) is 38.5. The Kier molecular flexibility index (Phi) is 13.6. The molecule has 13 nitrogen and oxygen atoms in total. The van der Waals surface area contributed by atoms with Crippen molar-refractivity contribution in [3.05, 3.63) is 34.7 Å². The van der Waals surface area contributed by atoms with Crippen molar-refractivity contribution in [2.75, 3.05) is 13.2 Å². The molecule has 1 saturated heterocycles. The molecule has 5 saturated carbocycles. The summed E-state index contributed by atoms with van der Waals surface area (Å²) in [6.07, 6.45) is 10.6. The second-order valence-electron chi connectivity index (χ2n) is 22.2. The minimum absolute atomic E-state index is 0.0276. The standard InChI is InChI=1S/C50H81N3O10/c1-5-8-29-11-14-31-38(15-12-29)63-45-41(31)35(56)10-6-20-50(45,62)47(4,60)39-19-23-49(61)42-32(18-21-46(39,49)3)48(22-17-30-13-16-40(51)53-34(30)9-7-24-54)26-37(58)36(57)25-33(48)44(59)43(42)52-27-28(2)55/h13,16,28-29,31-33,35-41,45,52-58,60-62H,5-12,14-15,17-27,51H2,1-4H3/t28-,29+,31+,32-,33-,35-,36+,37-,38+,39-,40?,41+,45+,46+,47+,48+,49+,50+/m0/s1. The maximum absolute atomic E-state index is 15.3. The zero-order valence-corrected chi connectivity index (χ0v) is 38.5. The quantitative estimate of drug-likeness (QED) is 0.127. The van der Waals surface area contributed by atoms with E-state index < -0.39 is 70.0 Å². The van der Waals surface area contributed by atoms with E-state index in [1.807, 2.05) is 19.1 Å². The van der Waals surface area contributed by atoms with Crippen LogP contribution in [-0.4, -0.2) is 119 Å². The van der Waals surface area contributed by atoms with Crippen molar-refractivity contribution >= 4 is 5.78 Å². The van der Waals surface area contributed by atoms with Crippen molar-refractivity contribution < 1.29 is 50.4 Å². The molecule has 356 valence electrons. The fourth-order valence-electron chi connectivity index (χ4n) is 15.7. The molecule has 2 aliphatic heterocycles. The van der Waals surface area contributed by atoms with Crippen molar-refractivity contribution in [3.63, 3.8) is 0 Å². The summed E-state index contributed by atoms with van der Waals surface area (Å²) in [4.78, 5) is 15.3. The van der Waals surface area contributed by atoms with E-state index in [4.69, 9.17) is 10.5 Å². The topological polar surface area (TPSA) is 238 Å². The summed E-state index contributed by atoms with van der Waals surface area (Å²) < 4.78 is 6.96. The van der Waals surface area contributed by atoms with Gasteiger partial charge in [-0.05, 0) is 163 Å². The number of rotatable bonds is 13. The van der Waals surface area contributed by atoms with Crippen molar-refractivity contribution in [2.45, 2.75) is 209 Å². The van der Waals surface area contributed by atoms with Gasteiger partial charge in [-0.15, -0.1) is 0 Å². The lowest BCUT2D eigenvalue weighted by atomic mass is 9.43. The van der Waals surface area contributed by atoms with E-state index in [2.05, 4.69) is 17.6 Å². The summed E-state index contributed by atoms with van der Waals surface area (Å²) in [6.45, 7) is 7.70. The zero-order chi connectivity index (χ0) is 45.3. The Hall–Kier alpha value is -1.91. The first-order valence-corrected chi connectivity index (χ1v) is 25.0. The molecule has 13 heteroatoms. The van der Waals surface area contributed by atoms with Crippen LogP contribution in [0.5, 0.6) is 0 Å². The lowest BCUT2D eigenvalue weighted by Gasteiger charge is -2.63. The first kappa shape index (κ1) is 47.6. The Morgan fingerprint density at radius 3 is 2.49 bits per heavy atom. The Balaban J connectivity index is 1.17. The Morgan fingerprint density at radius 1 is 1.00 bits per heavy atom. The number of hydrogen-bond acceptors (Lipinski definition) is 13. The largest absolute Gasteiger partial charge is 0.396 e.